The standard InChI is InChI=1S/C16H21NO2S/c1-2-4-15-13(3-1)11-14(20-15)12-17-7-5-16(6-8-17)18-9-10-19-16/h1-4,14H,5-12H2. The van der Waals surface area contributed by atoms with Gasteiger partial charge in [0.1, 0.15) is 0 Å². The van der Waals surface area contributed by atoms with Gasteiger partial charge in [0.05, 0.1) is 13.2 Å². The van der Waals surface area contributed by atoms with Gasteiger partial charge in [-0.05, 0) is 18.1 Å². The molecule has 4 rings (SSSR count). The van der Waals surface area contributed by atoms with Crippen LogP contribution in [0.1, 0.15) is 18.4 Å². The van der Waals surface area contributed by atoms with E-state index in [9.17, 15) is 0 Å². The van der Waals surface area contributed by atoms with Crippen LogP contribution in [0.25, 0.3) is 0 Å². The van der Waals surface area contributed by atoms with E-state index in [1.807, 2.05) is 11.8 Å². The van der Waals surface area contributed by atoms with Crippen molar-refractivity contribution >= 4 is 11.8 Å². The van der Waals surface area contributed by atoms with Crippen molar-refractivity contribution in [2.45, 2.75) is 35.2 Å². The number of thioether (sulfide) groups is 1. The summed E-state index contributed by atoms with van der Waals surface area (Å²) in [5, 5.41) is 0.715. The molecule has 0 bridgehead atoms. The zero-order valence-corrected chi connectivity index (χ0v) is 12.5. The van der Waals surface area contributed by atoms with Crippen molar-refractivity contribution in [3.63, 3.8) is 0 Å². The minimum atomic E-state index is -0.234. The highest BCUT2D eigenvalue weighted by molar-refractivity contribution is 8.00. The van der Waals surface area contributed by atoms with Crippen LogP contribution in [0.3, 0.4) is 0 Å². The van der Waals surface area contributed by atoms with E-state index in [1.54, 1.807) is 0 Å². The van der Waals surface area contributed by atoms with Crippen LogP contribution in [0.5, 0.6) is 0 Å². The van der Waals surface area contributed by atoms with Crippen molar-refractivity contribution in [2.24, 2.45) is 0 Å². The Morgan fingerprint density at radius 1 is 1.15 bits per heavy atom. The Balaban J connectivity index is 1.31. The molecule has 3 heterocycles. The van der Waals surface area contributed by atoms with E-state index < -0.39 is 0 Å². The Labute approximate surface area is 124 Å². The number of hydrogen-bond acceptors (Lipinski definition) is 4. The summed E-state index contributed by atoms with van der Waals surface area (Å²) in [6.07, 6.45) is 3.27. The summed E-state index contributed by atoms with van der Waals surface area (Å²) in [5.74, 6) is -0.234. The summed E-state index contributed by atoms with van der Waals surface area (Å²) in [4.78, 5) is 4.06. The molecule has 2 saturated heterocycles. The number of benzene rings is 1. The monoisotopic (exact) mass is 291 g/mol. The largest absolute Gasteiger partial charge is 0.347 e. The molecule has 0 N–H and O–H groups in total. The molecule has 1 spiro atoms. The lowest BCUT2D eigenvalue weighted by Gasteiger charge is -2.38. The highest BCUT2D eigenvalue weighted by atomic mass is 32.2. The Kier molecular flexibility index (Phi) is 3.50. The zero-order valence-electron chi connectivity index (χ0n) is 11.7. The van der Waals surface area contributed by atoms with Gasteiger partial charge in [0, 0.05) is 42.6 Å². The van der Waals surface area contributed by atoms with Gasteiger partial charge in [-0.25, -0.2) is 0 Å². The smallest absolute Gasteiger partial charge is 0.170 e. The number of hydrogen-bond donors (Lipinski definition) is 0. The van der Waals surface area contributed by atoms with Crippen molar-refractivity contribution in [3.8, 4) is 0 Å². The third kappa shape index (κ3) is 2.50. The Hall–Kier alpha value is -0.550. The van der Waals surface area contributed by atoms with E-state index in [0.29, 0.717) is 5.25 Å². The molecule has 4 heteroatoms. The van der Waals surface area contributed by atoms with Crippen LogP contribution in [0.15, 0.2) is 29.2 Å². The summed E-state index contributed by atoms with van der Waals surface area (Å²) >= 11 is 2.05. The maximum absolute atomic E-state index is 5.80. The number of likely N-dealkylation sites (tertiary alicyclic amines) is 1. The van der Waals surface area contributed by atoms with Gasteiger partial charge in [-0.2, -0.15) is 0 Å². The van der Waals surface area contributed by atoms with Gasteiger partial charge in [0.25, 0.3) is 0 Å². The molecule has 0 radical (unpaired) electrons. The quantitative estimate of drug-likeness (QED) is 0.835. The lowest BCUT2D eigenvalue weighted by molar-refractivity contribution is -0.185. The number of rotatable bonds is 2. The minimum Gasteiger partial charge on any atom is -0.347 e. The van der Waals surface area contributed by atoms with E-state index in [2.05, 4.69) is 29.2 Å². The van der Waals surface area contributed by atoms with Crippen LogP contribution in [0.2, 0.25) is 0 Å². The molecule has 108 valence electrons. The first-order valence-electron chi connectivity index (χ1n) is 7.58. The van der Waals surface area contributed by atoms with Gasteiger partial charge in [-0.1, -0.05) is 18.2 Å². The molecule has 0 aromatic heterocycles. The summed E-state index contributed by atoms with van der Waals surface area (Å²) in [6, 6.07) is 8.83. The third-order valence-corrected chi connectivity index (χ3v) is 5.91. The van der Waals surface area contributed by atoms with Crippen molar-refractivity contribution in [2.75, 3.05) is 32.8 Å². The molecule has 0 saturated carbocycles. The predicted octanol–water partition coefficient (Wildman–Crippen LogP) is 2.54. The highest BCUT2D eigenvalue weighted by Crippen LogP contribution is 2.38. The lowest BCUT2D eigenvalue weighted by atomic mass is 10.0. The summed E-state index contributed by atoms with van der Waals surface area (Å²) < 4.78 is 11.6. The molecule has 3 aliphatic heterocycles. The SMILES string of the molecule is c1ccc2c(c1)CC(CN1CCC3(CC1)OCCO3)S2. The van der Waals surface area contributed by atoms with E-state index >= 15 is 0 Å². The molecule has 1 aromatic rings. The molecule has 2 fully saturated rings. The second-order valence-electron chi connectivity index (χ2n) is 5.96. The fourth-order valence-corrected chi connectivity index (χ4v) is 4.87. The molecular weight excluding hydrogens is 270 g/mol. The first-order valence-corrected chi connectivity index (χ1v) is 8.46. The van der Waals surface area contributed by atoms with Gasteiger partial charge in [0.2, 0.25) is 0 Å². The minimum absolute atomic E-state index is 0.234. The van der Waals surface area contributed by atoms with E-state index in [4.69, 9.17) is 9.47 Å². The molecule has 0 amide bonds. The first kappa shape index (κ1) is 13.1. The van der Waals surface area contributed by atoms with Crippen molar-refractivity contribution < 1.29 is 9.47 Å². The predicted molar refractivity (Wildman–Crippen MR) is 80.1 cm³/mol. The van der Waals surface area contributed by atoms with Gasteiger partial charge in [-0.15, -0.1) is 11.8 Å². The van der Waals surface area contributed by atoms with Crippen LogP contribution in [-0.4, -0.2) is 48.8 Å². The zero-order chi connectivity index (χ0) is 13.4. The van der Waals surface area contributed by atoms with Crippen LogP contribution in [-0.2, 0) is 15.9 Å². The van der Waals surface area contributed by atoms with Gasteiger partial charge in [0.15, 0.2) is 5.79 Å². The average molecular weight is 291 g/mol. The number of piperidine rings is 1. The third-order valence-electron chi connectivity index (χ3n) is 4.61. The molecule has 3 nitrogen and oxygen atoms in total. The second-order valence-corrected chi connectivity index (χ2v) is 7.30. The molecule has 1 aromatic carbocycles. The van der Waals surface area contributed by atoms with Gasteiger partial charge >= 0.3 is 0 Å². The van der Waals surface area contributed by atoms with Crippen LogP contribution in [0, 0.1) is 0 Å². The summed E-state index contributed by atoms with van der Waals surface area (Å²) in [7, 11) is 0. The second kappa shape index (κ2) is 5.34. The van der Waals surface area contributed by atoms with E-state index in [1.165, 1.54) is 23.4 Å². The molecular formula is C16H21NO2S. The molecule has 0 aliphatic carbocycles. The fourth-order valence-electron chi connectivity index (χ4n) is 3.51. The van der Waals surface area contributed by atoms with Crippen molar-refractivity contribution in [1.82, 2.24) is 4.90 Å². The highest BCUT2D eigenvalue weighted by Gasteiger charge is 2.40. The van der Waals surface area contributed by atoms with Crippen molar-refractivity contribution in [3.05, 3.63) is 29.8 Å². The topological polar surface area (TPSA) is 21.7 Å². The van der Waals surface area contributed by atoms with E-state index in [-0.39, 0.29) is 5.79 Å². The summed E-state index contributed by atoms with van der Waals surface area (Å²) in [6.45, 7) is 4.94. The maximum atomic E-state index is 5.80. The Morgan fingerprint density at radius 2 is 1.90 bits per heavy atom. The lowest BCUT2D eigenvalue weighted by Crippen LogP contribution is -2.46. The molecule has 1 unspecified atom stereocenters. The first-order chi connectivity index (χ1) is 9.83. The van der Waals surface area contributed by atoms with Gasteiger partial charge in [-0.3, -0.25) is 0 Å². The van der Waals surface area contributed by atoms with Crippen molar-refractivity contribution in [1.29, 1.82) is 0 Å². The molecule has 20 heavy (non-hydrogen) atoms. The van der Waals surface area contributed by atoms with Crippen LogP contribution < -0.4 is 0 Å². The Bertz CT molecular complexity index is 452. The van der Waals surface area contributed by atoms with Crippen LogP contribution in [0.4, 0.5) is 0 Å². The maximum Gasteiger partial charge on any atom is 0.170 e. The number of fused-ring (bicyclic) bond motifs is 1. The average Bonchev–Trinajstić information content (AvgIpc) is 3.08. The molecule has 3 aliphatic rings. The fraction of sp³-hybridized carbons (Fsp3) is 0.625. The molecule has 1 atom stereocenters. The normalized spacial score (nSPS) is 28.9. The Morgan fingerprint density at radius 3 is 2.65 bits per heavy atom. The van der Waals surface area contributed by atoms with E-state index in [0.717, 1.165) is 39.1 Å². The number of nitrogens with zero attached hydrogens (tertiary/aromatic N) is 1. The van der Waals surface area contributed by atoms with Crippen LogP contribution >= 0.6 is 11.8 Å². The summed E-state index contributed by atoms with van der Waals surface area (Å²) in [5.41, 5.74) is 1.53. The van der Waals surface area contributed by atoms with Gasteiger partial charge < -0.3 is 14.4 Å². The number of ether oxygens (including phenoxy) is 2.